The van der Waals surface area contributed by atoms with Crippen LogP contribution in [0.15, 0.2) is 170 Å². The first-order valence-corrected chi connectivity index (χ1v) is 21.7. The van der Waals surface area contributed by atoms with E-state index in [4.69, 9.17) is 0 Å². The van der Waals surface area contributed by atoms with Crippen LogP contribution in [0.2, 0.25) is 0 Å². The molecule has 11 rings (SSSR count). The van der Waals surface area contributed by atoms with Gasteiger partial charge in [-0.15, -0.1) is 0 Å². The monoisotopic (exact) mass is 792 g/mol. The Morgan fingerprint density at radius 2 is 0.667 bits per heavy atom. The van der Waals surface area contributed by atoms with Crippen LogP contribution in [0.1, 0.15) is 22.3 Å². The Labute approximate surface area is 339 Å². The number of hydrogen-bond acceptors (Lipinski definition) is 0. The zero-order valence-corrected chi connectivity index (χ0v) is 34.3. The van der Waals surface area contributed by atoms with Crippen LogP contribution in [0.5, 0.6) is 0 Å². The van der Waals surface area contributed by atoms with Crippen molar-refractivity contribution < 1.29 is 0 Å². The molecule has 0 spiro atoms. The molecule has 0 saturated carbocycles. The van der Waals surface area contributed by atoms with Gasteiger partial charge in [0, 0.05) is 0 Å². The van der Waals surface area contributed by atoms with Gasteiger partial charge in [0.1, 0.15) is 0 Å². The van der Waals surface area contributed by atoms with Crippen molar-refractivity contribution in [3.8, 4) is 44.5 Å². The van der Waals surface area contributed by atoms with E-state index >= 15 is 0 Å². The zero-order chi connectivity index (χ0) is 38.4. The SMILES string of the molecule is Cc1cccc(C)c1-c1c2ccccc2c(-c2ccc3[se]c4cccc(-c5c6ccccc6c(-c6c(C)cccc6C)c6ccccc56)c4c3c2)c2ccccc12. The summed E-state index contributed by atoms with van der Waals surface area (Å²) in [6, 6.07) is 64.1. The van der Waals surface area contributed by atoms with Crippen molar-refractivity contribution in [3.63, 3.8) is 0 Å². The van der Waals surface area contributed by atoms with Gasteiger partial charge in [-0.05, 0) is 0 Å². The Bertz CT molecular complexity index is 3290. The summed E-state index contributed by atoms with van der Waals surface area (Å²) in [4.78, 5) is 0. The van der Waals surface area contributed by atoms with E-state index in [-0.39, 0.29) is 14.5 Å². The Balaban J connectivity index is 1.23. The predicted octanol–water partition coefficient (Wildman–Crippen LogP) is 15.6. The average molecular weight is 792 g/mol. The van der Waals surface area contributed by atoms with Crippen molar-refractivity contribution in [3.05, 3.63) is 192 Å². The van der Waals surface area contributed by atoms with E-state index in [0.29, 0.717) is 0 Å². The quantitative estimate of drug-likeness (QED) is 0.123. The average Bonchev–Trinajstić information content (AvgIpc) is 3.61. The van der Waals surface area contributed by atoms with Gasteiger partial charge in [-0.25, -0.2) is 0 Å². The summed E-state index contributed by atoms with van der Waals surface area (Å²) in [7, 11) is 0. The van der Waals surface area contributed by atoms with E-state index in [1.165, 1.54) is 129 Å². The molecule has 0 unspecified atom stereocenters. The van der Waals surface area contributed by atoms with Crippen LogP contribution in [-0.2, 0) is 0 Å². The number of rotatable bonds is 4. The molecule has 1 heteroatoms. The van der Waals surface area contributed by atoms with E-state index in [1.807, 2.05) is 0 Å². The second-order valence-corrected chi connectivity index (χ2v) is 18.0. The Morgan fingerprint density at radius 3 is 1.11 bits per heavy atom. The third kappa shape index (κ3) is 5.13. The van der Waals surface area contributed by atoms with Gasteiger partial charge < -0.3 is 0 Å². The molecule has 11 aromatic rings. The molecule has 0 N–H and O–H groups in total. The number of fused-ring (bicyclic) bond motifs is 7. The predicted molar refractivity (Wildman–Crippen MR) is 249 cm³/mol. The molecule has 0 saturated heterocycles. The third-order valence-corrected chi connectivity index (χ3v) is 14.8. The normalized spacial score (nSPS) is 11.9. The standard InChI is InChI=1S/C56H40Se/c1-33-16-13-17-34(2)50(33)55-42-24-9-5-20-38(42)52(39-21-6-10-25-43(39)55)37-30-31-48-47(32-37)54-46(28-15-29-49(54)57-48)53-40-22-7-11-26-44(40)56(45-27-12-8-23-41(45)53)51-35(3)18-14-19-36(51)4/h5-32H,1-4H3. The molecule has 1 aromatic heterocycles. The summed E-state index contributed by atoms with van der Waals surface area (Å²) in [6.45, 7) is 9.01. The molecule has 0 nitrogen and oxygen atoms in total. The topological polar surface area (TPSA) is 0 Å². The molecule has 0 fully saturated rings. The number of benzene rings is 10. The molecule has 270 valence electrons. The fourth-order valence-corrected chi connectivity index (χ4v) is 12.3. The third-order valence-electron chi connectivity index (χ3n) is 12.4. The van der Waals surface area contributed by atoms with E-state index in [0.717, 1.165) is 0 Å². The first kappa shape index (κ1) is 34.0. The van der Waals surface area contributed by atoms with Crippen LogP contribution in [0, 0.1) is 27.7 Å². The van der Waals surface area contributed by atoms with E-state index < -0.39 is 0 Å². The van der Waals surface area contributed by atoms with Crippen LogP contribution < -0.4 is 0 Å². The summed E-state index contributed by atoms with van der Waals surface area (Å²) in [5.41, 5.74) is 15.8. The Hall–Kier alpha value is -6.24. The first-order chi connectivity index (χ1) is 28.0. The Kier molecular flexibility index (Phi) is 7.87. The molecule has 0 aliphatic rings. The fraction of sp³-hybridized carbons (Fsp3) is 0.0714. The maximum atomic E-state index is 2.52. The zero-order valence-electron chi connectivity index (χ0n) is 32.6. The minimum atomic E-state index is 0.208. The van der Waals surface area contributed by atoms with E-state index in [9.17, 15) is 0 Å². The fourth-order valence-electron chi connectivity index (χ4n) is 10.0. The van der Waals surface area contributed by atoms with E-state index in [1.54, 1.807) is 0 Å². The van der Waals surface area contributed by atoms with Gasteiger partial charge in [0.2, 0.25) is 0 Å². The molecule has 10 aromatic carbocycles. The first-order valence-electron chi connectivity index (χ1n) is 19.9. The van der Waals surface area contributed by atoms with Crippen molar-refractivity contribution in [2.24, 2.45) is 0 Å². The van der Waals surface area contributed by atoms with Crippen molar-refractivity contribution in [1.82, 2.24) is 0 Å². The van der Waals surface area contributed by atoms with Gasteiger partial charge in [-0.3, -0.25) is 0 Å². The van der Waals surface area contributed by atoms with E-state index in [2.05, 4.69) is 198 Å². The Morgan fingerprint density at radius 1 is 0.281 bits per heavy atom. The molecule has 0 aliphatic carbocycles. The van der Waals surface area contributed by atoms with Crippen molar-refractivity contribution >= 4 is 76.9 Å². The second-order valence-electron chi connectivity index (χ2n) is 15.7. The van der Waals surface area contributed by atoms with Crippen molar-refractivity contribution in [2.45, 2.75) is 27.7 Å². The van der Waals surface area contributed by atoms with Crippen LogP contribution in [0.4, 0.5) is 0 Å². The molecular weight excluding hydrogens is 752 g/mol. The van der Waals surface area contributed by atoms with Gasteiger partial charge >= 0.3 is 341 Å². The summed E-state index contributed by atoms with van der Waals surface area (Å²) < 4.78 is 2.91. The molecule has 0 atom stereocenters. The molecule has 0 bridgehead atoms. The van der Waals surface area contributed by atoms with Gasteiger partial charge in [0.15, 0.2) is 0 Å². The summed E-state index contributed by atoms with van der Waals surface area (Å²) >= 11 is 0.208. The molecule has 57 heavy (non-hydrogen) atoms. The summed E-state index contributed by atoms with van der Waals surface area (Å²) in [5, 5.41) is 13.2. The van der Waals surface area contributed by atoms with Gasteiger partial charge in [-0.2, -0.15) is 0 Å². The molecule has 0 aliphatic heterocycles. The molecule has 1 heterocycles. The molecule has 0 amide bonds. The summed E-state index contributed by atoms with van der Waals surface area (Å²) in [6.07, 6.45) is 0. The van der Waals surface area contributed by atoms with Crippen molar-refractivity contribution in [2.75, 3.05) is 0 Å². The van der Waals surface area contributed by atoms with Gasteiger partial charge in [0.05, 0.1) is 0 Å². The minimum absolute atomic E-state index is 0.208. The number of hydrogen-bond donors (Lipinski definition) is 0. The van der Waals surface area contributed by atoms with Gasteiger partial charge in [-0.1, -0.05) is 0 Å². The molecule has 0 radical (unpaired) electrons. The van der Waals surface area contributed by atoms with Crippen LogP contribution in [0.3, 0.4) is 0 Å². The van der Waals surface area contributed by atoms with Gasteiger partial charge in [0.25, 0.3) is 0 Å². The number of aryl methyl sites for hydroxylation is 4. The van der Waals surface area contributed by atoms with Crippen molar-refractivity contribution in [1.29, 1.82) is 0 Å². The summed E-state index contributed by atoms with van der Waals surface area (Å²) in [5.74, 6) is 0. The van der Waals surface area contributed by atoms with Crippen LogP contribution in [0.25, 0.3) is 107 Å². The molecular formula is C56H40Se. The second kappa shape index (κ2) is 13.2. The van der Waals surface area contributed by atoms with Crippen LogP contribution in [-0.4, -0.2) is 14.5 Å². The van der Waals surface area contributed by atoms with Crippen LogP contribution >= 0.6 is 0 Å². The maximum absolute atomic E-state index is 2.52.